The van der Waals surface area contributed by atoms with Crippen molar-refractivity contribution < 1.29 is 23.8 Å². The Morgan fingerprint density at radius 1 is 1.26 bits per heavy atom. The van der Waals surface area contributed by atoms with Gasteiger partial charge in [-0.25, -0.2) is 0 Å². The Balaban J connectivity index is 2.43. The van der Waals surface area contributed by atoms with E-state index in [1.165, 1.54) is 6.92 Å². The zero-order valence-corrected chi connectivity index (χ0v) is 14.5. The summed E-state index contributed by atoms with van der Waals surface area (Å²) in [5.41, 5.74) is 1.03. The second kappa shape index (κ2) is 8.50. The lowest BCUT2D eigenvalue weighted by atomic mass is 10.2. The summed E-state index contributed by atoms with van der Waals surface area (Å²) in [6, 6.07) is 1.74. The Kier molecular flexibility index (Phi) is 7.00. The molecule has 0 radical (unpaired) electrons. The number of aryl methyl sites for hydroxylation is 1. The van der Waals surface area contributed by atoms with Gasteiger partial charge in [0.25, 0.3) is 0 Å². The summed E-state index contributed by atoms with van der Waals surface area (Å²) in [5.74, 6) is 0.0849. The maximum atomic E-state index is 11.6. The third-order valence-corrected chi connectivity index (χ3v) is 2.74. The van der Waals surface area contributed by atoms with Gasteiger partial charge in [-0.2, -0.15) is 0 Å². The molecule has 0 unspecified atom stereocenters. The van der Waals surface area contributed by atoms with Gasteiger partial charge in [-0.3, -0.25) is 14.6 Å². The van der Waals surface area contributed by atoms with Gasteiger partial charge >= 0.3 is 11.9 Å². The lowest BCUT2D eigenvalue weighted by molar-refractivity contribution is -0.155. The highest BCUT2D eigenvalue weighted by Gasteiger charge is 2.15. The van der Waals surface area contributed by atoms with Crippen molar-refractivity contribution in [2.45, 2.75) is 59.7 Å². The fourth-order valence-corrected chi connectivity index (χ4v) is 1.75. The van der Waals surface area contributed by atoms with Gasteiger partial charge in [0.1, 0.15) is 18.0 Å². The number of esters is 2. The lowest BCUT2D eigenvalue weighted by Gasteiger charge is -2.19. The van der Waals surface area contributed by atoms with Crippen molar-refractivity contribution in [2.75, 3.05) is 6.61 Å². The molecule has 0 saturated heterocycles. The first-order valence-corrected chi connectivity index (χ1v) is 7.61. The Labute approximate surface area is 137 Å². The lowest BCUT2D eigenvalue weighted by Crippen LogP contribution is -2.24. The molecule has 0 aliphatic carbocycles. The normalized spacial score (nSPS) is 11.0. The molecule has 1 aromatic heterocycles. The maximum absolute atomic E-state index is 11.6. The molecule has 0 amide bonds. The number of rotatable bonds is 7. The van der Waals surface area contributed by atoms with Crippen LogP contribution in [-0.4, -0.2) is 29.1 Å². The number of nitrogens with zero attached hydrogens (tertiary/aromatic N) is 1. The molecule has 128 valence electrons. The first-order valence-electron chi connectivity index (χ1n) is 7.61. The van der Waals surface area contributed by atoms with E-state index in [2.05, 4.69) is 4.98 Å². The fraction of sp³-hybridized carbons (Fsp3) is 0.588. The van der Waals surface area contributed by atoms with Gasteiger partial charge in [-0.1, -0.05) is 0 Å². The number of hydrogen-bond acceptors (Lipinski definition) is 6. The summed E-state index contributed by atoms with van der Waals surface area (Å²) in [6.45, 7) is 9.26. The number of aromatic nitrogens is 1. The number of pyridine rings is 1. The molecular formula is C17H25NO5. The van der Waals surface area contributed by atoms with E-state index >= 15 is 0 Å². The molecule has 1 aromatic rings. The van der Waals surface area contributed by atoms with E-state index in [9.17, 15) is 9.59 Å². The molecular weight excluding hydrogens is 298 g/mol. The molecule has 1 heterocycles. The third-order valence-electron chi connectivity index (χ3n) is 2.74. The molecule has 1 rings (SSSR count). The monoisotopic (exact) mass is 323 g/mol. The molecule has 0 saturated carbocycles. The average Bonchev–Trinajstić information content (AvgIpc) is 2.41. The SMILES string of the molecule is CC(=O)OCc1cc(OCCCC(=O)OC(C)(C)C)c(C)cn1. The van der Waals surface area contributed by atoms with Crippen LogP contribution in [-0.2, 0) is 25.7 Å². The Bertz CT molecular complexity index is 548. The number of hydrogen-bond donors (Lipinski definition) is 0. The third kappa shape index (κ3) is 8.18. The Morgan fingerprint density at radius 3 is 2.57 bits per heavy atom. The van der Waals surface area contributed by atoms with Crippen molar-refractivity contribution in [1.29, 1.82) is 0 Å². The second-order valence-corrected chi connectivity index (χ2v) is 6.26. The summed E-state index contributed by atoms with van der Waals surface area (Å²) in [5, 5.41) is 0. The van der Waals surface area contributed by atoms with Crippen molar-refractivity contribution in [1.82, 2.24) is 4.98 Å². The quantitative estimate of drug-likeness (QED) is 0.567. The molecule has 6 nitrogen and oxygen atoms in total. The smallest absolute Gasteiger partial charge is 0.306 e. The van der Waals surface area contributed by atoms with E-state index in [1.807, 2.05) is 27.7 Å². The predicted octanol–water partition coefficient (Wildman–Crippen LogP) is 2.95. The van der Waals surface area contributed by atoms with Crippen LogP contribution in [0.25, 0.3) is 0 Å². The summed E-state index contributed by atoms with van der Waals surface area (Å²) < 4.78 is 15.8. The number of carbonyl (C=O) groups excluding carboxylic acids is 2. The minimum absolute atomic E-state index is 0.115. The molecule has 0 aliphatic heterocycles. The predicted molar refractivity (Wildman–Crippen MR) is 85.0 cm³/mol. The van der Waals surface area contributed by atoms with Crippen LogP contribution in [0.5, 0.6) is 5.75 Å². The largest absolute Gasteiger partial charge is 0.493 e. The highest BCUT2D eigenvalue weighted by atomic mass is 16.6. The molecule has 0 spiro atoms. The Morgan fingerprint density at radius 2 is 1.96 bits per heavy atom. The van der Waals surface area contributed by atoms with Crippen LogP contribution >= 0.6 is 0 Å². The topological polar surface area (TPSA) is 74.7 Å². The van der Waals surface area contributed by atoms with E-state index in [-0.39, 0.29) is 18.5 Å². The number of carbonyl (C=O) groups is 2. The zero-order chi connectivity index (χ0) is 17.5. The zero-order valence-electron chi connectivity index (χ0n) is 14.5. The van der Waals surface area contributed by atoms with Crippen molar-refractivity contribution >= 4 is 11.9 Å². The van der Waals surface area contributed by atoms with Crippen LogP contribution in [0.4, 0.5) is 0 Å². The molecule has 0 aliphatic rings. The van der Waals surface area contributed by atoms with Gasteiger partial charge in [0, 0.05) is 31.2 Å². The van der Waals surface area contributed by atoms with Crippen LogP contribution < -0.4 is 4.74 Å². The van der Waals surface area contributed by atoms with E-state index in [0.29, 0.717) is 30.9 Å². The van der Waals surface area contributed by atoms with E-state index in [1.54, 1.807) is 12.3 Å². The molecule has 0 bridgehead atoms. The van der Waals surface area contributed by atoms with Crippen molar-refractivity contribution in [2.24, 2.45) is 0 Å². The summed E-state index contributed by atoms with van der Waals surface area (Å²) >= 11 is 0. The first-order chi connectivity index (χ1) is 10.7. The highest BCUT2D eigenvalue weighted by molar-refractivity contribution is 5.69. The molecule has 0 aromatic carbocycles. The van der Waals surface area contributed by atoms with Crippen LogP contribution in [0.3, 0.4) is 0 Å². The molecule has 23 heavy (non-hydrogen) atoms. The van der Waals surface area contributed by atoms with E-state index < -0.39 is 5.60 Å². The van der Waals surface area contributed by atoms with Crippen LogP contribution in [0.2, 0.25) is 0 Å². The van der Waals surface area contributed by atoms with Gasteiger partial charge in [-0.15, -0.1) is 0 Å². The van der Waals surface area contributed by atoms with Gasteiger partial charge in [-0.05, 0) is 34.1 Å². The minimum Gasteiger partial charge on any atom is -0.493 e. The minimum atomic E-state index is -0.467. The van der Waals surface area contributed by atoms with Crippen LogP contribution in [0, 0.1) is 6.92 Å². The van der Waals surface area contributed by atoms with Crippen molar-refractivity contribution in [3.8, 4) is 5.75 Å². The second-order valence-electron chi connectivity index (χ2n) is 6.26. The van der Waals surface area contributed by atoms with E-state index in [0.717, 1.165) is 5.56 Å². The fourth-order valence-electron chi connectivity index (χ4n) is 1.75. The Hall–Kier alpha value is -2.11. The van der Waals surface area contributed by atoms with Crippen LogP contribution in [0.1, 0.15) is 51.8 Å². The molecule has 6 heteroatoms. The summed E-state index contributed by atoms with van der Waals surface area (Å²) in [7, 11) is 0. The maximum Gasteiger partial charge on any atom is 0.306 e. The number of ether oxygens (including phenoxy) is 3. The van der Waals surface area contributed by atoms with Crippen molar-refractivity contribution in [3.63, 3.8) is 0 Å². The van der Waals surface area contributed by atoms with E-state index in [4.69, 9.17) is 14.2 Å². The average molecular weight is 323 g/mol. The van der Waals surface area contributed by atoms with Gasteiger partial charge < -0.3 is 14.2 Å². The molecule has 0 N–H and O–H groups in total. The van der Waals surface area contributed by atoms with Crippen molar-refractivity contribution in [3.05, 3.63) is 23.5 Å². The summed E-state index contributed by atoms with van der Waals surface area (Å²) in [6.07, 6.45) is 2.54. The van der Waals surface area contributed by atoms with Crippen LogP contribution in [0.15, 0.2) is 12.3 Å². The van der Waals surface area contributed by atoms with Gasteiger partial charge in [0.2, 0.25) is 0 Å². The molecule has 0 fully saturated rings. The molecule has 0 atom stereocenters. The first kappa shape index (κ1) is 18.9. The highest BCUT2D eigenvalue weighted by Crippen LogP contribution is 2.19. The summed E-state index contributed by atoms with van der Waals surface area (Å²) in [4.78, 5) is 26.6. The standard InChI is InChI=1S/C17H25NO5/c1-12-10-18-14(11-22-13(2)19)9-15(12)21-8-6-7-16(20)23-17(3,4)5/h9-10H,6-8,11H2,1-5H3. The van der Waals surface area contributed by atoms with Gasteiger partial charge in [0.15, 0.2) is 0 Å². The van der Waals surface area contributed by atoms with Gasteiger partial charge in [0.05, 0.1) is 12.3 Å².